The van der Waals surface area contributed by atoms with Crippen LogP contribution in [0.3, 0.4) is 0 Å². The Morgan fingerprint density at radius 2 is 2.00 bits per heavy atom. The molecule has 0 unspecified atom stereocenters. The van der Waals surface area contributed by atoms with Crippen LogP contribution in [0.2, 0.25) is 0 Å². The van der Waals surface area contributed by atoms with E-state index in [0.29, 0.717) is 17.9 Å². The summed E-state index contributed by atoms with van der Waals surface area (Å²) in [6.07, 6.45) is 0. The minimum Gasteiger partial charge on any atom is -0.506 e. The Balaban J connectivity index is 1.70. The van der Waals surface area contributed by atoms with Gasteiger partial charge < -0.3 is 15.4 Å². The molecule has 0 aliphatic carbocycles. The molecule has 1 heterocycles. The van der Waals surface area contributed by atoms with Gasteiger partial charge in [-0.05, 0) is 42.1 Å². The predicted molar refractivity (Wildman–Crippen MR) is 93.7 cm³/mol. The molecule has 0 saturated carbocycles. The van der Waals surface area contributed by atoms with E-state index >= 15 is 0 Å². The third-order valence-electron chi connectivity index (χ3n) is 4.15. The molecule has 0 radical (unpaired) electrons. The Bertz CT molecular complexity index is 1060. The average Bonchev–Trinajstić information content (AvgIpc) is 2.99. The average molecular weight is 321 g/mol. The number of rotatable bonds is 3. The van der Waals surface area contributed by atoms with Crippen LogP contribution in [0.4, 0.5) is 10.1 Å². The molecule has 3 N–H and O–H groups in total. The number of hydrogen-bond acceptors (Lipinski definition) is 3. The molecular formula is C19H16FN3O. The second kappa shape index (κ2) is 5.53. The van der Waals surface area contributed by atoms with E-state index in [9.17, 15) is 9.50 Å². The fourth-order valence-corrected chi connectivity index (χ4v) is 2.95. The number of H-pyrrole nitrogens is 1. The number of aromatic nitrogens is 2. The van der Waals surface area contributed by atoms with Crippen molar-refractivity contribution in [1.29, 1.82) is 0 Å². The number of hydrogen-bond donors (Lipinski definition) is 3. The van der Waals surface area contributed by atoms with E-state index in [4.69, 9.17) is 0 Å². The zero-order valence-corrected chi connectivity index (χ0v) is 13.1. The summed E-state index contributed by atoms with van der Waals surface area (Å²) in [5.74, 6) is 0.638. The predicted octanol–water partition coefficient (Wildman–Crippen LogP) is 4.48. The van der Waals surface area contributed by atoms with Crippen LogP contribution in [-0.4, -0.2) is 15.1 Å². The Morgan fingerprint density at radius 1 is 1.17 bits per heavy atom. The van der Waals surface area contributed by atoms with Crippen LogP contribution in [0.5, 0.6) is 5.75 Å². The number of aryl methyl sites for hydroxylation is 1. The van der Waals surface area contributed by atoms with Gasteiger partial charge in [-0.3, -0.25) is 0 Å². The molecule has 0 spiro atoms. The molecule has 0 saturated heterocycles. The third kappa shape index (κ3) is 2.44. The summed E-state index contributed by atoms with van der Waals surface area (Å²) in [4.78, 5) is 7.77. The summed E-state index contributed by atoms with van der Waals surface area (Å²) >= 11 is 0. The lowest BCUT2D eigenvalue weighted by molar-refractivity contribution is 0.481. The minimum absolute atomic E-state index is 0.181. The fourth-order valence-electron chi connectivity index (χ4n) is 2.95. The molecule has 1 aromatic heterocycles. The normalized spacial score (nSPS) is 11.2. The first kappa shape index (κ1) is 14.5. The summed E-state index contributed by atoms with van der Waals surface area (Å²) < 4.78 is 13.2. The molecule has 24 heavy (non-hydrogen) atoms. The zero-order chi connectivity index (χ0) is 16.7. The molecule has 0 bridgehead atoms. The SMILES string of the molecule is Cc1cc(F)ccc1NCc1nc2c([nH]1)c(O)cc1ccccc12. The van der Waals surface area contributed by atoms with Crippen LogP contribution in [0.15, 0.2) is 48.5 Å². The van der Waals surface area contributed by atoms with Gasteiger partial charge in [0.25, 0.3) is 0 Å². The standard InChI is InChI=1S/C19H16FN3O/c1-11-8-13(20)6-7-15(11)21-10-17-22-18-14-5-3-2-4-12(14)9-16(24)19(18)23-17/h2-9,21,24H,10H2,1H3,(H,22,23). The molecule has 0 atom stereocenters. The summed E-state index contributed by atoms with van der Waals surface area (Å²) in [6, 6.07) is 14.2. The molecule has 3 aromatic carbocycles. The quantitative estimate of drug-likeness (QED) is 0.521. The number of aromatic hydroxyl groups is 1. The minimum atomic E-state index is -0.252. The van der Waals surface area contributed by atoms with Crippen molar-refractivity contribution in [1.82, 2.24) is 9.97 Å². The molecule has 4 nitrogen and oxygen atoms in total. The zero-order valence-electron chi connectivity index (χ0n) is 13.1. The van der Waals surface area contributed by atoms with Crippen LogP contribution >= 0.6 is 0 Å². The molecular weight excluding hydrogens is 305 g/mol. The van der Waals surface area contributed by atoms with Crippen LogP contribution < -0.4 is 5.32 Å². The number of imidazole rings is 1. The maximum Gasteiger partial charge on any atom is 0.141 e. The summed E-state index contributed by atoms with van der Waals surface area (Å²) in [5, 5.41) is 15.4. The third-order valence-corrected chi connectivity index (χ3v) is 4.15. The molecule has 0 fully saturated rings. The van der Waals surface area contributed by atoms with Gasteiger partial charge in [0.2, 0.25) is 0 Å². The maximum absolute atomic E-state index is 13.2. The van der Waals surface area contributed by atoms with E-state index in [1.54, 1.807) is 12.1 Å². The lowest BCUT2D eigenvalue weighted by Crippen LogP contribution is -2.02. The lowest BCUT2D eigenvalue weighted by Gasteiger charge is -2.07. The number of fused-ring (bicyclic) bond motifs is 3. The molecule has 4 rings (SSSR count). The second-order valence-corrected chi connectivity index (χ2v) is 5.84. The van der Waals surface area contributed by atoms with Crippen molar-refractivity contribution in [2.75, 3.05) is 5.32 Å². The van der Waals surface area contributed by atoms with Gasteiger partial charge >= 0.3 is 0 Å². The Labute approximate surface area is 138 Å². The van der Waals surface area contributed by atoms with E-state index in [1.807, 2.05) is 31.2 Å². The van der Waals surface area contributed by atoms with Crippen LogP contribution in [0.25, 0.3) is 21.8 Å². The van der Waals surface area contributed by atoms with Gasteiger partial charge in [-0.1, -0.05) is 24.3 Å². The number of nitrogens with one attached hydrogen (secondary N) is 2. The highest BCUT2D eigenvalue weighted by Crippen LogP contribution is 2.31. The van der Waals surface area contributed by atoms with Crippen molar-refractivity contribution in [3.63, 3.8) is 0 Å². The van der Waals surface area contributed by atoms with Crippen LogP contribution in [0.1, 0.15) is 11.4 Å². The molecule has 0 amide bonds. The topological polar surface area (TPSA) is 60.9 Å². The second-order valence-electron chi connectivity index (χ2n) is 5.84. The number of benzene rings is 3. The van der Waals surface area contributed by atoms with Crippen molar-refractivity contribution in [3.8, 4) is 5.75 Å². The van der Waals surface area contributed by atoms with E-state index in [2.05, 4.69) is 15.3 Å². The van der Waals surface area contributed by atoms with E-state index in [0.717, 1.165) is 27.5 Å². The number of phenols is 1. The first-order chi connectivity index (χ1) is 11.6. The fraction of sp³-hybridized carbons (Fsp3) is 0.105. The molecule has 4 aromatic rings. The van der Waals surface area contributed by atoms with Gasteiger partial charge in [0, 0.05) is 11.1 Å². The number of nitrogens with zero attached hydrogens (tertiary/aromatic N) is 1. The van der Waals surface area contributed by atoms with Crippen molar-refractivity contribution >= 4 is 27.5 Å². The first-order valence-electron chi connectivity index (χ1n) is 7.71. The van der Waals surface area contributed by atoms with Crippen molar-refractivity contribution in [3.05, 3.63) is 65.7 Å². The van der Waals surface area contributed by atoms with E-state index < -0.39 is 0 Å². The van der Waals surface area contributed by atoms with E-state index in [1.165, 1.54) is 12.1 Å². The molecule has 5 heteroatoms. The highest BCUT2D eigenvalue weighted by Gasteiger charge is 2.11. The van der Waals surface area contributed by atoms with Crippen molar-refractivity contribution in [2.45, 2.75) is 13.5 Å². The Hall–Kier alpha value is -3.08. The maximum atomic E-state index is 13.2. The number of halogens is 1. The van der Waals surface area contributed by atoms with E-state index in [-0.39, 0.29) is 11.6 Å². The lowest BCUT2D eigenvalue weighted by atomic mass is 10.1. The van der Waals surface area contributed by atoms with Gasteiger partial charge in [-0.2, -0.15) is 0 Å². The van der Waals surface area contributed by atoms with Gasteiger partial charge in [-0.25, -0.2) is 9.37 Å². The van der Waals surface area contributed by atoms with Gasteiger partial charge in [0.05, 0.1) is 6.54 Å². The number of anilines is 1. The monoisotopic (exact) mass is 321 g/mol. The highest BCUT2D eigenvalue weighted by atomic mass is 19.1. The Morgan fingerprint density at radius 3 is 2.83 bits per heavy atom. The molecule has 0 aliphatic rings. The molecule has 0 aliphatic heterocycles. The van der Waals surface area contributed by atoms with Crippen molar-refractivity contribution < 1.29 is 9.50 Å². The summed E-state index contributed by atoms with van der Waals surface area (Å²) in [7, 11) is 0. The first-order valence-corrected chi connectivity index (χ1v) is 7.71. The Kier molecular flexibility index (Phi) is 3.34. The molecule has 120 valence electrons. The smallest absolute Gasteiger partial charge is 0.141 e. The summed E-state index contributed by atoms with van der Waals surface area (Å²) in [5.41, 5.74) is 3.06. The van der Waals surface area contributed by atoms with Gasteiger partial charge in [-0.15, -0.1) is 0 Å². The van der Waals surface area contributed by atoms with Crippen molar-refractivity contribution in [2.24, 2.45) is 0 Å². The van der Waals surface area contributed by atoms with Gasteiger partial charge in [0.15, 0.2) is 0 Å². The number of aromatic amines is 1. The van der Waals surface area contributed by atoms with Crippen LogP contribution in [-0.2, 0) is 6.54 Å². The highest BCUT2D eigenvalue weighted by molar-refractivity contribution is 6.06. The van der Waals surface area contributed by atoms with Crippen LogP contribution in [0, 0.1) is 12.7 Å². The largest absolute Gasteiger partial charge is 0.506 e. The summed E-state index contributed by atoms with van der Waals surface area (Å²) in [6.45, 7) is 2.30. The number of phenolic OH excluding ortho intramolecular Hbond substituents is 1. The van der Waals surface area contributed by atoms with Gasteiger partial charge in [0.1, 0.15) is 28.4 Å².